The molecule has 2 aromatic rings. The van der Waals surface area contributed by atoms with Gasteiger partial charge < -0.3 is 20.4 Å². The summed E-state index contributed by atoms with van der Waals surface area (Å²) in [6.07, 6.45) is 2.59. The SMILES string of the molecule is CCNC(=NCc1cccnc1N(C)C)NCCc1cccc(C(=O)N(C)C)c1.I. The summed E-state index contributed by atoms with van der Waals surface area (Å²) < 4.78 is 0. The molecular weight excluding hydrogens is 491 g/mol. The standard InChI is InChI=1S/C22H32N6O.HI/c1-6-23-22(26-16-19-11-8-13-24-20(19)27(2)3)25-14-12-17-9-7-10-18(15-17)21(29)28(4)5;/h7-11,13,15H,6,12,14,16H2,1-5H3,(H2,23,25,26);1H. The molecule has 2 N–H and O–H groups in total. The molecule has 0 radical (unpaired) electrons. The second-order valence-electron chi connectivity index (χ2n) is 7.15. The van der Waals surface area contributed by atoms with Crippen LogP contribution >= 0.6 is 24.0 Å². The summed E-state index contributed by atoms with van der Waals surface area (Å²) in [4.78, 5) is 24.8. The third kappa shape index (κ3) is 7.81. The molecule has 8 heteroatoms. The van der Waals surface area contributed by atoms with Crippen LogP contribution in [0.1, 0.15) is 28.4 Å². The molecule has 0 unspecified atom stereocenters. The number of pyridine rings is 1. The van der Waals surface area contributed by atoms with Crippen LogP contribution in [0.25, 0.3) is 0 Å². The van der Waals surface area contributed by atoms with Crippen molar-refractivity contribution in [3.05, 3.63) is 59.3 Å². The molecule has 0 saturated heterocycles. The number of benzene rings is 1. The number of guanidine groups is 1. The zero-order valence-electron chi connectivity index (χ0n) is 18.5. The number of carbonyl (C=O) groups is 1. The minimum absolute atomic E-state index is 0. The van der Waals surface area contributed by atoms with Gasteiger partial charge >= 0.3 is 0 Å². The number of nitrogens with one attached hydrogen (secondary N) is 2. The lowest BCUT2D eigenvalue weighted by Crippen LogP contribution is -2.38. The van der Waals surface area contributed by atoms with Crippen molar-refractivity contribution in [3.63, 3.8) is 0 Å². The Balaban J connectivity index is 0.00000450. The van der Waals surface area contributed by atoms with Crippen molar-refractivity contribution in [1.29, 1.82) is 0 Å². The maximum atomic E-state index is 12.1. The first kappa shape index (κ1) is 25.7. The van der Waals surface area contributed by atoms with Crippen molar-refractivity contribution in [1.82, 2.24) is 20.5 Å². The molecule has 0 saturated carbocycles. The van der Waals surface area contributed by atoms with E-state index in [2.05, 4.69) is 15.6 Å². The third-order valence-electron chi connectivity index (χ3n) is 4.33. The molecule has 30 heavy (non-hydrogen) atoms. The number of nitrogens with zero attached hydrogens (tertiary/aromatic N) is 4. The van der Waals surface area contributed by atoms with Gasteiger partial charge in [-0.25, -0.2) is 9.98 Å². The number of rotatable bonds is 8. The minimum atomic E-state index is 0. The Morgan fingerprint density at radius 1 is 1.10 bits per heavy atom. The van der Waals surface area contributed by atoms with Gasteiger partial charge in [-0.15, -0.1) is 24.0 Å². The van der Waals surface area contributed by atoms with Gasteiger partial charge in [0.2, 0.25) is 0 Å². The van der Waals surface area contributed by atoms with E-state index in [4.69, 9.17) is 4.99 Å². The number of amides is 1. The van der Waals surface area contributed by atoms with Crippen molar-refractivity contribution in [2.45, 2.75) is 19.9 Å². The summed E-state index contributed by atoms with van der Waals surface area (Å²) in [5.41, 5.74) is 2.90. The quantitative estimate of drug-likeness (QED) is 0.316. The largest absolute Gasteiger partial charge is 0.362 e. The fourth-order valence-electron chi connectivity index (χ4n) is 2.91. The van der Waals surface area contributed by atoms with Gasteiger partial charge in [0.15, 0.2) is 5.96 Å². The molecule has 164 valence electrons. The Labute approximate surface area is 197 Å². The first-order valence-corrected chi connectivity index (χ1v) is 9.86. The normalized spacial score (nSPS) is 10.8. The van der Waals surface area contributed by atoms with Gasteiger partial charge in [-0.2, -0.15) is 0 Å². The van der Waals surface area contributed by atoms with Gasteiger partial charge in [-0.3, -0.25) is 4.79 Å². The average molecular weight is 524 g/mol. The molecule has 0 fully saturated rings. The average Bonchev–Trinajstić information content (AvgIpc) is 2.71. The third-order valence-corrected chi connectivity index (χ3v) is 4.33. The highest BCUT2D eigenvalue weighted by Gasteiger charge is 2.08. The predicted molar refractivity (Wildman–Crippen MR) is 135 cm³/mol. The Morgan fingerprint density at radius 2 is 1.87 bits per heavy atom. The van der Waals surface area contributed by atoms with Crippen LogP contribution in [0.3, 0.4) is 0 Å². The lowest BCUT2D eigenvalue weighted by molar-refractivity contribution is 0.0827. The van der Waals surface area contributed by atoms with E-state index in [1.807, 2.05) is 62.3 Å². The molecule has 1 heterocycles. The monoisotopic (exact) mass is 524 g/mol. The first-order chi connectivity index (χ1) is 13.9. The molecule has 0 aliphatic carbocycles. The number of anilines is 1. The van der Waals surface area contributed by atoms with Gasteiger partial charge in [0.25, 0.3) is 5.91 Å². The Kier molecular flexibility index (Phi) is 11.2. The summed E-state index contributed by atoms with van der Waals surface area (Å²) >= 11 is 0. The lowest BCUT2D eigenvalue weighted by Gasteiger charge is -2.16. The molecule has 7 nitrogen and oxygen atoms in total. The molecule has 1 aromatic heterocycles. The van der Waals surface area contributed by atoms with Crippen molar-refractivity contribution >= 4 is 41.7 Å². The molecule has 1 aromatic carbocycles. The van der Waals surface area contributed by atoms with Crippen LogP contribution in [0.2, 0.25) is 0 Å². The summed E-state index contributed by atoms with van der Waals surface area (Å²) in [6.45, 7) is 4.09. The van der Waals surface area contributed by atoms with Crippen LogP contribution < -0.4 is 15.5 Å². The Morgan fingerprint density at radius 3 is 2.53 bits per heavy atom. The Bertz CT molecular complexity index is 838. The van der Waals surface area contributed by atoms with E-state index in [0.29, 0.717) is 12.1 Å². The van der Waals surface area contributed by atoms with Crippen molar-refractivity contribution in [2.75, 3.05) is 46.2 Å². The van der Waals surface area contributed by atoms with Crippen LogP contribution in [-0.2, 0) is 13.0 Å². The van der Waals surface area contributed by atoms with Crippen LogP contribution in [0.15, 0.2) is 47.6 Å². The maximum Gasteiger partial charge on any atom is 0.253 e. The van der Waals surface area contributed by atoms with Gasteiger partial charge in [-0.05, 0) is 37.1 Å². The van der Waals surface area contributed by atoms with E-state index in [1.165, 1.54) is 0 Å². The molecule has 1 amide bonds. The highest BCUT2D eigenvalue weighted by Crippen LogP contribution is 2.15. The molecular formula is C22H33IN6O. The number of hydrogen-bond donors (Lipinski definition) is 2. The minimum Gasteiger partial charge on any atom is -0.362 e. The number of aliphatic imine (C=N–C) groups is 1. The van der Waals surface area contributed by atoms with Gasteiger partial charge in [0.05, 0.1) is 6.54 Å². The van der Waals surface area contributed by atoms with Crippen molar-refractivity contribution < 1.29 is 4.79 Å². The second kappa shape index (κ2) is 13.0. The van der Waals surface area contributed by atoms with E-state index in [1.54, 1.807) is 25.2 Å². The molecule has 0 bridgehead atoms. The summed E-state index contributed by atoms with van der Waals surface area (Å²) in [5.74, 6) is 1.71. The van der Waals surface area contributed by atoms with E-state index in [9.17, 15) is 4.79 Å². The molecule has 0 atom stereocenters. The van der Waals surface area contributed by atoms with Gasteiger partial charge in [0.1, 0.15) is 5.82 Å². The first-order valence-electron chi connectivity index (χ1n) is 9.86. The molecule has 0 aliphatic heterocycles. The number of aromatic nitrogens is 1. The fraction of sp³-hybridized carbons (Fsp3) is 0.409. The number of halogens is 1. The fourth-order valence-corrected chi connectivity index (χ4v) is 2.91. The van der Waals surface area contributed by atoms with Crippen LogP contribution in [-0.4, -0.2) is 63.0 Å². The van der Waals surface area contributed by atoms with E-state index >= 15 is 0 Å². The maximum absolute atomic E-state index is 12.1. The molecule has 0 aliphatic rings. The van der Waals surface area contributed by atoms with Crippen LogP contribution in [0.5, 0.6) is 0 Å². The summed E-state index contributed by atoms with van der Waals surface area (Å²) in [5, 5.41) is 6.65. The zero-order chi connectivity index (χ0) is 21.2. The van der Waals surface area contributed by atoms with Gasteiger partial charge in [0, 0.05) is 58.6 Å². The highest BCUT2D eigenvalue weighted by atomic mass is 127. The van der Waals surface area contributed by atoms with Crippen molar-refractivity contribution in [3.8, 4) is 0 Å². The number of carbonyl (C=O) groups excluding carboxylic acids is 1. The second-order valence-corrected chi connectivity index (χ2v) is 7.15. The lowest BCUT2D eigenvalue weighted by atomic mass is 10.1. The predicted octanol–water partition coefficient (Wildman–Crippen LogP) is 2.77. The zero-order valence-corrected chi connectivity index (χ0v) is 20.8. The topological polar surface area (TPSA) is 72.9 Å². The van der Waals surface area contributed by atoms with E-state index in [-0.39, 0.29) is 29.9 Å². The van der Waals surface area contributed by atoms with E-state index in [0.717, 1.165) is 42.4 Å². The summed E-state index contributed by atoms with van der Waals surface area (Å²) in [7, 11) is 7.49. The highest BCUT2D eigenvalue weighted by molar-refractivity contribution is 14.0. The smallest absolute Gasteiger partial charge is 0.253 e. The molecule has 0 spiro atoms. The Hall–Kier alpha value is -2.36. The van der Waals surface area contributed by atoms with E-state index < -0.39 is 0 Å². The van der Waals surface area contributed by atoms with Crippen molar-refractivity contribution in [2.24, 2.45) is 4.99 Å². The summed E-state index contributed by atoms with van der Waals surface area (Å²) in [6, 6.07) is 11.7. The molecule has 2 rings (SSSR count). The van der Waals surface area contributed by atoms with Crippen LogP contribution in [0, 0.1) is 0 Å². The number of hydrogen-bond acceptors (Lipinski definition) is 4. The van der Waals surface area contributed by atoms with Crippen LogP contribution in [0.4, 0.5) is 5.82 Å². The van der Waals surface area contributed by atoms with Gasteiger partial charge in [-0.1, -0.05) is 18.2 Å².